The predicted octanol–water partition coefficient (Wildman–Crippen LogP) is 5.91. The van der Waals surface area contributed by atoms with Crippen LogP contribution in [-0.2, 0) is 0 Å². The molecule has 2 heterocycles. The van der Waals surface area contributed by atoms with Crippen molar-refractivity contribution in [3.05, 3.63) is 66.1 Å². The van der Waals surface area contributed by atoms with Crippen molar-refractivity contribution in [1.82, 2.24) is 4.98 Å². The van der Waals surface area contributed by atoms with E-state index in [1.807, 2.05) is 30.5 Å². The Morgan fingerprint density at radius 1 is 1.00 bits per heavy atom. The van der Waals surface area contributed by atoms with E-state index in [0.717, 1.165) is 27.6 Å². The highest BCUT2D eigenvalue weighted by Gasteiger charge is 2.14. The molecular weight excluding hydrogens is 289 g/mol. The summed E-state index contributed by atoms with van der Waals surface area (Å²) in [5.41, 5.74) is 4.48. The van der Waals surface area contributed by atoms with Crippen LogP contribution < -0.4 is 0 Å². The molecule has 3 heteroatoms. The molecule has 0 bridgehead atoms. The van der Waals surface area contributed by atoms with Crippen LogP contribution in [0.2, 0.25) is 0 Å². The molecule has 0 N–H and O–H groups in total. The predicted molar refractivity (Wildman–Crippen MR) is 91.0 cm³/mol. The number of hydrogen-bond donors (Lipinski definition) is 0. The second-order valence-electron chi connectivity index (χ2n) is 6.05. The van der Waals surface area contributed by atoms with Gasteiger partial charge in [-0.2, -0.15) is 0 Å². The van der Waals surface area contributed by atoms with Crippen LogP contribution in [0.3, 0.4) is 0 Å². The average Bonchev–Trinajstić information content (AvgIpc) is 2.93. The van der Waals surface area contributed by atoms with Crippen LogP contribution in [0.15, 0.2) is 59.1 Å². The van der Waals surface area contributed by atoms with E-state index in [0.29, 0.717) is 11.5 Å². The maximum atomic E-state index is 13.6. The van der Waals surface area contributed by atoms with Gasteiger partial charge in [0.1, 0.15) is 17.0 Å². The number of halogens is 1. The van der Waals surface area contributed by atoms with Gasteiger partial charge in [-0.15, -0.1) is 0 Å². The summed E-state index contributed by atoms with van der Waals surface area (Å²) in [6.45, 7) is 4.31. The third kappa shape index (κ3) is 2.29. The van der Waals surface area contributed by atoms with Crippen LogP contribution in [0, 0.1) is 5.82 Å². The molecule has 0 aliphatic carbocycles. The monoisotopic (exact) mass is 305 g/mol. The highest BCUT2D eigenvalue weighted by Crippen LogP contribution is 2.35. The van der Waals surface area contributed by atoms with Crippen molar-refractivity contribution in [3.63, 3.8) is 0 Å². The van der Waals surface area contributed by atoms with Gasteiger partial charge >= 0.3 is 0 Å². The normalized spacial score (nSPS) is 11.7. The molecule has 114 valence electrons. The maximum absolute atomic E-state index is 13.6. The highest BCUT2D eigenvalue weighted by molar-refractivity contribution is 6.09. The van der Waals surface area contributed by atoms with Gasteiger partial charge < -0.3 is 4.42 Å². The van der Waals surface area contributed by atoms with E-state index in [9.17, 15) is 4.39 Å². The second kappa shape index (κ2) is 5.20. The van der Waals surface area contributed by atoms with E-state index in [1.54, 1.807) is 6.07 Å². The summed E-state index contributed by atoms with van der Waals surface area (Å²) in [5, 5.41) is 1.70. The van der Waals surface area contributed by atoms with Crippen molar-refractivity contribution < 1.29 is 8.81 Å². The number of hydrogen-bond acceptors (Lipinski definition) is 2. The van der Waals surface area contributed by atoms with Crippen molar-refractivity contribution in [2.24, 2.45) is 0 Å². The molecule has 2 aromatic heterocycles. The minimum absolute atomic E-state index is 0.259. The average molecular weight is 305 g/mol. The molecule has 0 aliphatic rings. The summed E-state index contributed by atoms with van der Waals surface area (Å²) in [4.78, 5) is 4.50. The number of furan rings is 1. The molecule has 0 radical (unpaired) electrons. The Kier molecular flexibility index (Phi) is 3.15. The summed E-state index contributed by atoms with van der Waals surface area (Å²) < 4.78 is 19.5. The van der Waals surface area contributed by atoms with Crippen molar-refractivity contribution in [1.29, 1.82) is 0 Å². The molecule has 0 amide bonds. The van der Waals surface area contributed by atoms with Crippen molar-refractivity contribution in [3.8, 4) is 11.3 Å². The Morgan fingerprint density at radius 3 is 2.70 bits per heavy atom. The van der Waals surface area contributed by atoms with Crippen LogP contribution >= 0.6 is 0 Å². The van der Waals surface area contributed by atoms with Gasteiger partial charge in [-0.05, 0) is 47.9 Å². The van der Waals surface area contributed by atoms with Gasteiger partial charge in [0.25, 0.3) is 0 Å². The summed E-state index contributed by atoms with van der Waals surface area (Å²) in [5.74, 6) is 0.172. The van der Waals surface area contributed by atoms with E-state index in [4.69, 9.17) is 4.42 Å². The number of fused-ring (bicyclic) bond motifs is 3. The lowest BCUT2D eigenvalue weighted by Crippen LogP contribution is -1.90. The molecular formula is C20H16FNO. The van der Waals surface area contributed by atoms with E-state index < -0.39 is 0 Å². The Labute approximate surface area is 133 Å². The lowest BCUT2D eigenvalue weighted by atomic mass is 10.0. The van der Waals surface area contributed by atoms with Gasteiger partial charge in [-0.25, -0.2) is 4.39 Å². The number of para-hydroxylation sites is 1. The Balaban J connectivity index is 2.01. The third-order valence-corrected chi connectivity index (χ3v) is 4.19. The Hall–Kier alpha value is -2.68. The summed E-state index contributed by atoms with van der Waals surface area (Å²) in [6.07, 6.45) is 1.83. The zero-order valence-corrected chi connectivity index (χ0v) is 13.0. The number of pyridine rings is 1. The van der Waals surface area contributed by atoms with Gasteiger partial charge in [-0.1, -0.05) is 26.0 Å². The standard InChI is InChI=1S/C20H16FNO/c1-12(2)13-8-9-22-18(10-13)16-5-3-4-15-17-11-14(21)6-7-19(17)23-20(15)16/h3-12H,1-2H3. The molecule has 0 unspecified atom stereocenters. The van der Waals surface area contributed by atoms with Crippen molar-refractivity contribution in [2.75, 3.05) is 0 Å². The Morgan fingerprint density at radius 2 is 1.87 bits per heavy atom. The van der Waals surface area contributed by atoms with Crippen LogP contribution in [0.5, 0.6) is 0 Å². The highest BCUT2D eigenvalue weighted by atomic mass is 19.1. The van der Waals surface area contributed by atoms with Crippen molar-refractivity contribution in [2.45, 2.75) is 19.8 Å². The largest absolute Gasteiger partial charge is 0.455 e. The van der Waals surface area contributed by atoms with Crippen LogP contribution in [0.4, 0.5) is 4.39 Å². The van der Waals surface area contributed by atoms with E-state index in [2.05, 4.69) is 24.9 Å². The lowest BCUT2D eigenvalue weighted by molar-refractivity contribution is 0.626. The fourth-order valence-corrected chi connectivity index (χ4v) is 2.93. The molecule has 23 heavy (non-hydrogen) atoms. The molecule has 0 spiro atoms. The molecule has 4 aromatic rings. The zero-order valence-electron chi connectivity index (χ0n) is 13.0. The maximum Gasteiger partial charge on any atom is 0.144 e. The number of rotatable bonds is 2. The summed E-state index contributed by atoms with van der Waals surface area (Å²) in [7, 11) is 0. The molecule has 0 fully saturated rings. The van der Waals surface area contributed by atoms with Crippen LogP contribution in [-0.4, -0.2) is 4.98 Å². The smallest absolute Gasteiger partial charge is 0.144 e. The zero-order chi connectivity index (χ0) is 16.0. The fraction of sp³-hybridized carbons (Fsp3) is 0.150. The number of nitrogens with zero attached hydrogens (tertiary/aromatic N) is 1. The van der Waals surface area contributed by atoms with Gasteiger partial charge in [0.2, 0.25) is 0 Å². The first-order valence-electron chi connectivity index (χ1n) is 7.70. The summed E-state index contributed by atoms with van der Waals surface area (Å²) in [6, 6.07) is 14.6. The van der Waals surface area contributed by atoms with Gasteiger partial charge in [0.15, 0.2) is 0 Å². The summed E-state index contributed by atoms with van der Waals surface area (Å²) >= 11 is 0. The topological polar surface area (TPSA) is 26.0 Å². The third-order valence-electron chi connectivity index (χ3n) is 4.19. The van der Waals surface area contributed by atoms with E-state index >= 15 is 0 Å². The first-order chi connectivity index (χ1) is 11.1. The van der Waals surface area contributed by atoms with E-state index in [1.165, 1.54) is 17.7 Å². The molecule has 4 rings (SSSR count). The molecule has 0 atom stereocenters. The van der Waals surface area contributed by atoms with E-state index in [-0.39, 0.29) is 5.82 Å². The minimum atomic E-state index is -0.259. The molecule has 0 saturated carbocycles. The second-order valence-corrected chi connectivity index (χ2v) is 6.05. The first-order valence-corrected chi connectivity index (χ1v) is 7.70. The quantitative estimate of drug-likeness (QED) is 0.460. The van der Waals surface area contributed by atoms with Gasteiger partial charge in [0, 0.05) is 22.5 Å². The SMILES string of the molecule is CC(C)c1ccnc(-c2cccc3c2oc2ccc(F)cc23)c1. The number of benzene rings is 2. The van der Waals surface area contributed by atoms with Crippen LogP contribution in [0.25, 0.3) is 33.2 Å². The van der Waals surface area contributed by atoms with Gasteiger partial charge in [-0.3, -0.25) is 4.98 Å². The fourth-order valence-electron chi connectivity index (χ4n) is 2.93. The molecule has 0 aliphatic heterocycles. The molecule has 0 saturated heterocycles. The molecule has 2 nitrogen and oxygen atoms in total. The minimum Gasteiger partial charge on any atom is -0.455 e. The molecule has 2 aromatic carbocycles. The Bertz CT molecular complexity index is 1020. The number of aromatic nitrogens is 1. The van der Waals surface area contributed by atoms with Crippen LogP contribution in [0.1, 0.15) is 25.3 Å². The first kappa shape index (κ1) is 13.9. The lowest BCUT2D eigenvalue weighted by Gasteiger charge is -2.07. The van der Waals surface area contributed by atoms with Crippen molar-refractivity contribution >= 4 is 21.9 Å². The van der Waals surface area contributed by atoms with Gasteiger partial charge in [0.05, 0.1) is 5.69 Å².